The zero-order valence-electron chi connectivity index (χ0n) is 9.57. The zero-order valence-corrected chi connectivity index (χ0v) is 10.4. The molecule has 0 bridgehead atoms. The highest BCUT2D eigenvalue weighted by atomic mass is 32.2. The standard InChI is InChI=1S/C12H9N4OS/c1-8-3-2-4-9(7-8)18-11-6-5-10-13-14-12(17)16(10)15-11/h2-7H,1H3/q+1. The first-order chi connectivity index (χ1) is 8.72. The van der Waals surface area contributed by atoms with Crippen molar-refractivity contribution < 1.29 is 9.48 Å². The van der Waals surface area contributed by atoms with Crippen LogP contribution in [0.15, 0.2) is 56.5 Å². The van der Waals surface area contributed by atoms with Crippen LogP contribution < -0.4 is 4.68 Å². The number of nitrogens with zero attached hydrogens (tertiary/aromatic N) is 4. The highest BCUT2D eigenvalue weighted by molar-refractivity contribution is 7.99. The molecule has 0 fully saturated rings. The first-order valence-corrected chi connectivity index (χ1v) is 6.18. The molecule has 6 heteroatoms. The molecule has 0 N–H and O–H groups in total. The molecule has 1 aliphatic rings. The summed E-state index contributed by atoms with van der Waals surface area (Å²) in [5.41, 5.74) is 1.19. The van der Waals surface area contributed by atoms with Crippen molar-refractivity contribution in [2.45, 2.75) is 16.8 Å². The molecule has 0 spiro atoms. The van der Waals surface area contributed by atoms with Gasteiger partial charge < -0.3 is 0 Å². The van der Waals surface area contributed by atoms with Gasteiger partial charge in [0.1, 0.15) is 10.1 Å². The van der Waals surface area contributed by atoms with E-state index < -0.39 is 6.03 Å². The molecule has 1 amide bonds. The lowest BCUT2D eigenvalue weighted by atomic mass is 10.2. The third-order valence-corrected chi connectivity index (χ3v) is 3.34. The number of carbonyl (C=O) groups is 1. The molecule has 3 rings (SSSR count). The van der Waals surface area contributed by atoms with Crippen molar-refractivity contribution in [1.82, 2.24) is 5.10 Å². The monoisotopic (exact) mass is 257 g/mol. The number of rotatable bonds is 2. The lowest BCUT2D eigenvalue weighted by Gasteiger charge is -2.01. The van der Waals surface area contributed by atoms with Crippen molar-refractivity contribution >= 4 is 23.6 Å². The molecule has 0 saturated carbocycles. The maximum absolute atomic E-state index is 11.4. The quantitative estimate of drug-likeness (QED) is 0.777. The lowest BCUT2D eigenvalue weighted by Crippen LogP contribution is -2.41. The van der Waals surface area contributed by atoms with Gasteiger partial charge in [0, 0.05) is 11.0 Å². The number of amides is 1. The minimum atomic E-state index is -0.448. The maximum atomic E-state index is 11.4. The van der Waals surface area contributed by atoms with Crippen LogP contribution >= 0.6 is 11.8 Å². The van der Waals surface area contributed by atoms with Gasteiger partial charge in [-0.05, 0) is 25.1 Å². The van der Waals surface area contributed by atoms with Crippen molar-refractivity contribution in [3.05, 3.63) is 42.0 Å². The van der Waals surface area contributed by atoms with E-state index in [9.17, 15) is 4.79 Å². The molecular formula is C12H9N4OS+. The second-order valence-electron chi connectivity index (χ2n) is 3.84. The third kappa shape index (κ3) is 2.02. The van der Waals surface area contributed by atoms with E-state index in [2.05, 4.69) is 21.4 Å². The zero-order chi connectivity index (χ0) is 12.5. The van der Waals surface area contributed by atoms with Gasteiger partial charge in [-0.15, -0.1) is 0 Å². The Kier molecular flexibility index (Phi) is 2.64. The van der Waals surface area contributed by atoms with Gasteiger partial charge in [-0.1, -0.05) is 39.2 Å². The molecule has 1 aromatic heterocycles. The van der Waals surface area contributed by atoms with E-state index in [1.165, 1.54) is 22.0 Å². The summed E-state index contributed by atoms with van der Waals surface area (Å²) in [7, 11) is 0. The van der Waals surface area contributed by atoms with E-state index in [0.717, 1.165) is 9.92 Å². The summed E-state index contributed by atoms with van der Waals surface area (Å²) in [5.74, 6) is 0.466. The third-order valence-electron chi connectivity index (χ3n) is 2.42. The Bertz CT molecular complexity index is 669. The van der Waals surface area contributed by atoms with Gasteiger partial charge in [0.25, 0.3) is 0 Å². The van der Waals surface area contributed by atoms with Crippen molar-refractivity contribution in [2.75, 3.05) is 0 Å². The first-order valence-electron chi connectivity index (χ1n) is 5.36. The van der Waals surface area contributed by atoms with Crippen LogP contribution in [0.3, 0.4) is 0 Å². The van der Waals surface area contributed by atoms with E-state index in [4.69, 9.17) is 0 Å². The predicted molar refractivity (Wildman–Crippen MR) is 65.0 cm³/mol. The van der Waals surface area contributed by atoms with Crippen LogP contribution in [-0.4, -0.2) is 11.1 Å². The lowest BCUT2D eigenvalue weighted by molar-refractivity contribution is -0.620. The number of benzene rings is 1. The number of fused-ring (bicyclic) bond motifs is 1. The predicted octanol–water partition coefficient (Wildman–Crippen LogP) is 2.89. The van der Waals surface area contributed by atoms with Gasteiger partial charge in [0.2, 0.25) is 0 Å². The Balaban J connectivity index is 1.91. The topological polar surface area (TPSA) is 58.6 Å². The Morgan fingerprint density at radius 3 is 2.89 bits per heavy atom. The Hall–Kier alpha value is -2.08. The number of hydrogen-bond acceptors (Lipinski definition) is 4. The molecule has 0 saturated heterocycles. The average molecular weight is 257 g/mol. The minimum Gasteiger partial charge on any atom is -0.203 e. The summed E-state index contributed by atoms with van der Waals surface area (Å²) < 4.78 is 1.21. The fraction of sp³-hybridized carbons (Fsp3) is 0.0833. The molecule has 2 aromatic rings. The molecule has 88 valence electrons. The molecule has 1 aromatic carbocycles. The fourth-order valence-electron chi connectivity index (χ4n) is 1.61. The SMILES string of the molecule is Cc1cccc(Sc2ccc3[n+](n2)C(=O)N=N3)c1. The largest absolute Gasteiger partial charge is 0.537 e. The summed E-state index contributed by atoms with van der Waals surface area (Å²) >= 11 is 1.50. The number of carbonyl (C=O) groups excluding carboxylic acids is 1. The van der Waals surface area contributed by atoms with Crippen LogP contribution in [0.1, 0.15) is 5.56 Å². The normalized spacial score (nSPS) is 12.8. The summed E-state index contributed by atoms with van der Waals surface area (Å²) in [6.07, 6.45) is 0. The smallest absolute Gasteiger partial charge is 0.203 e. The maximum Gasteiger partial charge on any atom is 0.537 e. The van der Waals surface area contributed by atoms with Gasteiger partial charge in [-0.2, -0.15) is 0 Å². The van der Waals surface area contributed by atoms with Crippen molar-refractivity contribution in [2.24, 2.45) is 10.2 Å². The first kappa shape index (κ1) is 11.0. The molecule has 18 heavy (non-hydrogen) atoms. The minimum absolute atomic E-state index is 0.448. The summed E-state index contributed by atoms with van der Waals surface area (Å²) in [4.78, 5) is 12.4. The second-order valence-corrected chi connectivity index (χ2v) is 4.94. The van der Waals surface area contributed by atoms with E-state index in [1.807, 2.05) is 31.2 Å². The average Bonchev–Trinajstić information content (AvgIpc) is 2.71. The van der Waals surface area contributed by atoms with E-state index >= 15 is 0 Å². The van der Waals surface area contributed by atoms with Gasteiger partial charge in [0.05, 0.1) is 5.11 Å². The Morgan fingerprint density at radius 1 is 1.17 bits per heavy atom. The van der Waals surface area contributed by atoms with Gasteiger partial charge in [0.15, 0.2) is 0 Å². The highest BCUT2D eigenvalue weighted by Gasteiger charge is 2.29. The van der Waals surface area contributed by atoms with Crippen LogP contribution in [0.4, 0.5) is 10.6 Å². The number of hydrogen-bond donors (Lipinski definition) is 0. The van der Waals surface area contributed by atoms with E-state index in [1.54, 1.807) is 6.07 Å². The Morgan fingerprint density at radius 2 is 2.06 bits per heavy atom. The highest BCUT2D eigenvalue weighted by Crippen LogP contribution is 2.26. The van der Waals surface area contributed by atoms with Crippen LogP contribution in [0.2, 0.25) is 0 Å². The van der Waals surface area contributed by atoms with Gasteiger partial charge >= 0.3 is 11.8 Å². The molecule has 0 unspecified atom stereocenters. The van der Waals surface area contributed by atoms with Crippen LogP contribution in [0, 0.1) is 6.92 Å². The van der Waals surface area contributed by atoms with E-state index in [-0.39, 0.29) is 0 Å². The van der Waals surface area contributed by atoms with Gasteiger partial charge in [-0.3, -0.25) is 0 Å². The van der Waals surface area contributed by atoms with Crippen LogP contribution in [0.25, 0.3) is 0 Å². The second kappa shape index (κ2) is 4.30. The molecule has 5 nitrogen and oxygen atoms in total. The van der Waals surface area contributed by atoms with Crippen LogP contribution in [-0.2, 0) is 0 Å². The van der Waals surface area contributed by atoms with Gasteiger partial charge in [-0.25, -0.2) is 4.79 Å². The molecule has 0 radical (unpaired) electrons. The molecular weight excluding hydrogens is 248 g/mol. The molecule has 0 aliphatic carbocycles. The summed E-state index contributed by atoms with van der Waals surface area (Å²) in [6, 6.07) is 11.2. The Labute approximate surface area is 108 Å². The summed E-state index contributed by atoms with van der Waals surface area (Å²) in [6.45, 7) is 2.04. The molecule has 2 heterocycles. The number of azo groups is 1. The molecule has 0 atom stereocenters. The van der Waals surface area contributed by atoms with E-state index in [0.29, 0.717) is 5.82 Å². The fourth-order valence-corrected chi connectivity index (χ4v) is 2.50. The molecule has 1 aliphatic heterocycles. The van der Waals surface area contributed by atoms with Crippen molar-refractivity contribution in [1.29, 1.82) is 0 Å². The van der Waals surface area contributed by atoms with Crippen molar-refractivity contribution in [3.63, 3.8) is 0 Å². The van der Waals surface area contributed by atoms with Crippen LogP contribution in [0.5, 0.6) is 0 Å². The number of aryl methyl sites for hydroxylation is 1. The van der Waals surface area contributed by atoms with Crippen molar-refractivity contribution in [3.8, 4) is 0 Å². The number of aromatic nitrogens is 2. The summed E-state index contributed by atoms with van der Waals surface area (Å²) in [5, 5.41) is 12.1.